The summed E-state index contributed by atoms with van der Waals surface area (Å²) in [5, 5.41) is 12.5. The van der Waals surface area contributed by atoms with Crippen molar-refractivity contribution in [1.82, 2.24) is 15.0 Å². The molecular weight excluding hydrogens is 607 g/mol. The minimum Gasteiger partial charge on any atom is -0.208 e. The SMILES string of the molecule is c1ccc(-c2nc(-c3ccc(-c4ccc5ccc6ccc7c8ccccc8ccc7c6c5c4)cc3)nc(-c3ccc4ccccc4c3)n2)cc1. The molecule has 1 aromatic heterocycles. The van der Waals surface area contributed by atoms with Crippen molar-refractivity contribution in [2.45, 2.75) is 0 Å². The minimum absolute atomic E-state index is 0.650. The Bertz CT molecular complexity index is 2910. The van der Waals surface area contributed by atoms with E-state index in [0.29, 0.717) is 17.5 Å². The van der Waals surface area contributed by atoms with Crippen molar-refractivity contribution in [3.63, 3.8) is 0 Å². The molecule has 0 aliphatic rings. The summed E-state index contributed by atoms with van der Waals surface area (Å²) in [6.45, 7) is 0. The monoisotopic (exact) mass is 635 g/mol. The van der Waals surface area contributed by atoms with E-state index in [4.69, 9.17) is 15.0 Å². The maximum absolute atomic E-state index is 5.01. The summed E-state index contributed by atoms with van der Waals surface area (Å²) in [5.41, 5.74) is 5.18. The zero-order valence-electron chi connectivity index (χ0n) is 27.1. The first kappa shape index (κ1) is 28.3. The van der Waals surface area contributed by atoms with Crippen molar-refractivity contribution in [2.24, 2.45) is 0 Å². The fraction of sp³-hybridized carbons (Fsp3) is 0. The highest BCUT2D eigenvalue weighted by Gasteiger charge is 2.14. The van der Waals surface area contributed by atoms with E-state index >= 15 is 0 Å². The molecule has 0 saturated carbocycles. The van der Waals surface area contributed by atoms with E-state index in [0.717, 1.165) is 27.6 Å². The molecule has 0 N–H and O–H groups in total. The number of aromatic nitrogens is 3. The summed E-state index contributed by atoms with van der Waals surface area (Å²) in [5.74, 6) is 1.96. The summed E-state index contributed by atoms with van der Waals surface area (Å²) in [6, 6.07) is 62.4. The summed E-state index contributed by atoms with van der Waals surface area (Å²) in [7, 11) is 0. The van der Waals surface area contributed by atoms with Crippen LogP contribution >= 0.6 is 0 Å². The smallest absolute Gasteiger partial charge is 0.164 e. The van der Waals surface area contributed by atoms with Crippen molar-refractivity contribution in [2.75, 3.05) is 0 Å². The fourth-order valence-corrected chi connectivity index (χ4v) is 7.31. The molecular formula is C47H29N3. The van der Waals surface area contributed by atoms with Gasteiger partial charge in [-0.15, -0.1) is 0 Å². The van der Waals surface area contributed by atoms with E-state index in [-0.39, 0.29) is 0 Å². The van der Waals surface area contributed by atoms with E-state index in [1.807, 2.05) is 30.3 Å². The van der Waals surface area contributed by atoms with E-state index in [1.165, 1.54) is 54.0 Å². The van der Waals surface area contributed by atoms with Crippen LogP contribution < -0.4 is 0 Å². The molecule has 10 aromatic rings. The quantitative estimate of drug-likeness (QED) is 0.181. The number of benzene rings is 9. The standard InChI is InChI=1S/C47H29N3/c1-2-10-35(11-3-1)45-48-46(50-47(49-45)39-23-16-30-8-4-5-12-37(30)28-39)36-20-14-31(15-21-36)38-22-18-33-17-19-34-25-26-41-40-13-7-6-9-32(40)24-27-42(41)44(34)43(33)29-38/h1-29H. The van der Waals surface area contributed by atoms with Gasteiger partial charge in [-0.25, -0.2) is 15.0 Å². The molecule has 10 rings (SSSR count). The zero-order valence-corrected chi connectivity index (χ0v) is 27.1. The molecule has 50 heavy (non-hydrogen) atoms. The number of nitrogens with zero attached hydrogens (tertiary/aromatic N) is 3. The zero-order chi connectivity index (χ0) is 33.0. The van der Waals surface area contributed by atoms with Gasteiger partial charge in [0, 0.05) is 16.7 Å². The highest BCUT2D eigenvalue weighted by Crippen LogP contribution is 2.37. The van der Waals surface area contributed by atoms with Gasteiger partial charge >= 0.3 is 0 Å². The Labute approximate surface area is 289 Å². The van der Waals surface area contributed by atoms with Gasteiger partial charge in [0.15, 0.2) is 17.5 Å². The summed E-state index contributed by atoms with van der Waals surface area (Å²) >= 11 is 0. The third kappa shape index (κ3) is 4.79. The summed E-state index contributed by atoms with van der Waals surface area (Å²) in [4.78, 5) is 14.9. The topological polar surface area (TPSA) is 38.7 Å². The van der Waals surface area contributed by atoms with E-state index in [1.54, 1.807) is 0 Å². The van der Waals surface area contributed by atoms with Crippen molar-refractivity contribution in [3.05, 3.63) is 176 Å². The minimum atomic E-state index is 0.650. The van der Waals surface area contributed by atoms with Crippen molar-refractivity contribution >= 4 is 53.9 Å². The molecule has 0 fully saturated rings. The van der Waals surface area contributed by atoms with Crippen LogP contribution in [0.3, 0.4) is 0 Å². The van der Waals surface area contributed by atoms with Gasteiger partial charge in [0.1, 0.15) is 0 Å². The molecule has 0 amide bonds. The third-order valence-corrected chi connectivity index (χ3v) is 9.87. The molecule has 232 valence electrons. The Hall–Kier alpha value is -6.71. The molecule has 0 aliphatic carbocycles. The van der Waals surface area contributed by atoms with Gasteiger partial charge in [0.2, 0.25) is 0 Å². The molecule has 0 atom stereocenters. The number of hydrogen-bond donors (Lipinski definition) is 0. The maximum Gasteiger partial charge on any atom is 0.164 e. The number of fused-ring (bicyclic) bond motifs is 8. The highest BCUT2D eigenvalue weighted by molar-refractivity contribution is 6.25. The van der Waals surface area contributed by atoms with Crippen LogP contribution in [0.4, 0.5) is 0 Å². The van der Waals surface area contributed by atoms with Crippen LogP contribution in [0.25, 0.3) is 99.2 Å². The van der Waals surface area contributed by atoms with Gasteiger partial charge in [0.05, 0.1) is 0 Å². The second-order valence-corrected chi connectivity index (χ2v) is 12.9. The van der Waals surface area contributed by atoms with Crippen molar-refractivity contribution in [3.8, 4) is 45.3 Å². The largest absolute Gasteiger partial charge is 0.208 e. The van der Waals surface area contributed by atoms with Gasteiger partial charge in [0.25, 0.3) is 0 Å². The fourth-order valence-electron chi connectivity index (χ4n) is 7.31. The van der Waals surface area contributed by atoms with E-state index in [2.05, 4.69) is 146 Å². The number of rotatable bonds is 4. The molecule has 0 aliphatic heterocycles. The molecule has 0 unspecified atom stereocenters. The van der Waals surface area contributed by atoms with Crippen LogP contribution in [0.5, 0.6) is 0 Å². The second kappa shape index (κ2) is 11.5. The van der Waals surface area contributed by atoms with Crippen LogP contribution in [0.1, 0.15) is 0 Å². The lowest BCUT2D eigenvalue weighted by Crippen LogP contribution is -2.00. The first-order valence-corrected chi connectivity index (χ1v) is 16.9. The third-order valence-electron chi connectivity index (χ3n) is 9.87. The van der Waals surface area contributed by atoms with Crippen LogP contribution in [0.2, 0.25) is 0 Å². The maximum atomic E-state index is 5.01. The Kier molecular flexibility index (Phi) is 6.49. The molecule has 0 bridgehead atoms. The Morgan fingerprint density at radius 2 is 0.740 bits per heavy atom. The normalized spacial score (nSPS) is 11.6. The molecule has 3 nitrogen and oxygen atoms in total. The van der Waals surface area contributed by atoms with Crippen molar-refractivity contribution in [1.29, 1.82) is 0 Å². The predicted octanol–water partition coefficient (Wildman–Crippen LogP) is 12.3. The average molecular weight is 636 g/mol. The Morgan fingerprint density at radius 3 is 1.56 bits per heavy atom. The molecule has 0 spiro atoms. The molecule has 3 heteroatoms. The number of hydrogen-bond acceptors (Lipinski definition) is 3. The van der Waals surface area contributed by atoms with Crippen LogP contribution in [0, 0.1) is 0 Å². The first-order valence-electron chi connectivity index (χ1n) is 16.9. The van der Waals surface area contributed by atoms with Crippen LogP contribution in [0.15, 0.2) is 176 Å². The van der Waals surface area contributed by atoms with E-state index in [9.17, 15) is 0 Å². The van der Waals surface area contributed by atoms with Gasteiger partial charge in [-0.1, -0.05) is 164 Å². The molecule has 1 heterocycles. The summed E-state index contributed by atoms with van der Waals surface area (Å²) in [6.07, 6.45) is 0. The molecule has 0 radical (unpaired) electrons. The highest BCUT2D eigenvalue weighted by atomic mass is 15.0. The average Bonchev–Trinajstić information content (AvgIpc) is 3.20. The lowest BCUT2D eigenvalue weighted by molar-refractivity contribution is 1.07. The van der Waals surface area contributed by atoms with Gasteiger partial charge in [-0.2, -0.15) is 0 Å². The predicted molar refractivity (Wildman–Crippen MR) is 209 cm³/mol. The second-order valence-electron chi connectivity index (χ2n) is 12.9. The summed E-state index contributed by atoms with van der Waals surface area (Å²) < 4.78 is 0. The lowest BCUT2D eigenvalue weighted by Gasteiger charge is -2.12. The Morgan fingerprint density at radius 1 is 0.240 bits per heavy atom. The van der Waals surface area contributed by atoms with Gasteiger partial charge in [-0.3, -0.25) is 0 Å². The van der Waals surface area contributed by atoms with Gasteiger partial charge < -0.3 is 0 Å². The Balaban J connectivity index is 1.08. The van der Waals surface area contributed by atoms with Crippen LogP contribution in [-0.2, 0) is 0 Å². The molecule has 9 aromatic carbocycles. The van der Waals surface area contributed by atoms with Crippen LogP contribution in [-0.4, -0.2) is 15.0 Å². The first-order chi connectivity index (χ1) is 24.7. The lowest BCUT2D eigenvalue weighted by atomic mass is 9.92. The van der Waals surface area contributed by atoms with Crippen molar-refractivity contribution < 1.29 is 0 Å². The van der Waals surface area contributed by atoms with Gasteiger partial charge in [-0.05, 0) is 77.1 Å². The van der Waals surface area contributed by atoms with E-state index < -0.39 is 0 Å². The molecule has 0 saturated heterocycles.